The van der Waals surface area contributed by atoms with Crippen LogP contribution in [0.1, 0.15) is 20.8 Å². The Kier molecular flexibility index (Phi) is 3.56. The summed E-state index contributed by atoms with van der Waals surface area (Å²) in [6, 6.07) is 7.28. The van der Waals surface area contributed by atoms with E-state index in [4.69, 9.17) is 5.11 Å². The Bertz CT molecular complexity index is 778. The summed E-state index contributed by atoms with van der Waals surface area (Å²) in [5.41, 5.74) is 1.13. The zero-order chi connectivity index (χ0) is 15.0. The molecule has 5 nitrogen and oxygen atoms in total. The van der Waals surface area contributed by atoms with Crippen molar-refractivity contribution >= 4 is 27.3 Å². The molecule has 110 valence electrons. The van der Waals surface area contributed by atoms with Crippen molar-refractivity contribution in [3.63, 3.8) is 0 Å². The van der Waals surface area contributed by atoms with Crippen LogP contribution in [0.25, 0.3) is 0 Å². The molecule has 3 rings (SSSR count). The Morgan fingerprint density at radius 2 is 1.90 bits per heavy atom. The van der Waals surface area contributed by atoms with Gasteiger partial charge >= 0.3 is 5.97 Å². The van der Waals surface area contributed by atoms with Gasteiger partial charge in [0.1, 0.15) is 0 Å². The van der Waals surface area contributed by atoms with Crippen LogP contribution in [0.4, 0.5) is 0 Å². The van der Waals surface area contributed by atoms with E-state index in [0.29, 0.717) is 13.1 Å². The zero-order valence-corrected chi connectivity index (χ0v) is 12.7. The number of aromatic carboxylic acids is 1. The van der Waals surface area contributed by atoms with Crippen LogP contribution in [0.3, 0.4) is 0 Å². The molecule has 2 heterocycles. The lowest BCUT2D eigenvalue weighted by Gasteiger charge is -2.26. The molecule has 0 amide bonds. The molecule has 21 heavy (non-hydrogen) atoms. The number of hydrogen-bond acceptors (Lipinski definition) is 4. The van der Waals surface area contributed by atoms with Gasteiger partial charge in [-0.05, 0) is 47.7 Å². The van der Waals surface area contributed by atoms with Crippen LogP contribution >= 0.6 is 11.3 Å². The van der Waals surface area contributed by atoms with Crippen molar-refractivity contribution in [3.05, 3.63) is 51.7 Å². The van der Waals surface area contributed by atoms with Gasteiger partial charge < -0.3 is 5.11 Å². The quantitative estimate of drug-likeness (QED) is 0.939. The third-order valence-corrected chi connectivity index (χ3v) is 6.39. The van der Waals surface area contributed by atoms with Crippen molar-refractivity contribution in [2.75, 3.05) is 6.54 Å². The largest absolute Gasteiger partial charge is 0.478 e. The summed E-state index contributed by atoms with van der Waals surface area (Å²) < 4.78 is 26.6. The van der Waals surface area contributed by atoms with Gasteiger partial charge in [0.05, 0.1) is 10.5 Å². The van der Waals surface area contributed by atoms with Gasteiger partial charge in [0.25, 0.3) is 0 Å². The molecule has 0 saturated heterocycles. The fourth-order valence-corrected chi connectivity index (χ4v) is 4.65. The fourth-order valence-electron chi connectivity index (χ4n) is 2.35. The van der Waals surface area contributed by atoms with Gasteiger partial charge in [-0.15, -0.1) is 11.3 Å². The molecular weight excluding hydrogens is 310 g/mol. The number of rotatable bonds is 3. The van der Waals surface area contributed by atoms with E-state index in [9.17, 15) is 13.2 Å². The van der Waals surface area contributed by atoms with Crippen LogP contribution in [-0.4, -0.2) is 30.3 Å². The summed E-state index contributed by atoms with van der Waals surface area (Å²) in [7, 11) is -3.58. The first-order valence-corrected chi connectivity index (χ1v) is 8.69. The van der Waals surface area contributed by atoms with Gasteiger partial charge in [0.2, 0.25) is 10.0 Å². The molecule has 0 saturated carbocycles. The van der Waals surface area contributed by atoms with Crippen LogP contribution in [0.5, 0.6) is 0 Å². The molecule has 0 bridgehead atoms. The van der Waals surface area contributed by atoms with Crippen molar-refractivity contribution in [3.8, 4) is 0 Å². The minimum Gasteiger partial charge on any atom is -0.478 e. The molecule has 0 fully saturated rings. The number of fused-ring (bicyclic) bond motifs is 1. The minimum atomic E-state index is -3.58. The van der Waals surface area contributed by atoms with E-state index in [0.717, 1.165) is 12.0 Å². The van der Waals surface area contributed by atoms with Gasteiger partial charge in [-0.1, -0.05) is 0 Å². The number of hydrogen-bond donors (Lipinski definition) is 1. The highest BCUT2D eigenvalue weighted by Crippen LogP contribution is 2.28. The standard InChI is InChI=1S/C14H13NO4S2/c16-14(17)10-1-3-12(4-2-10)21(18,19)15-7-5-13-11(9-15)6-8-20-13/h1-4,6,8H,5,7,9H2,(H,16,17). The number of carboxylic acid groups (broad SMARTS) is 1. The molecule has 0 atom stereocenters. The first-order chi connectivity index (χ1) is 9.98. The van der Waals surface area contributed by atoms with E-state index in [1.807, 2.05) is 11.4 Å². The second-order valence-corrected chi connectivity index (χ2v) is 7.73. The molecule has 1 aliphatic rings. The maximum absolute atomic E-state index is 12.6. The number of carbonyl (C=O) groups is 1. The SMILES string of the molecule is O=C(O)c1ccc(S(=O)(=O)N2CCc3sccc3C2)cc1. The molecule has 1 N–H and O–H groups in total. The second-order valence-electron chi connectivity index (χ2n) is 4.79. The van der Waals surface area contributed by atoms with Crippen LogP contribution in [0.15, 0.2) is 40.6 Å². The summed E-state index contributed by atoms with van der Waals surface area (Å²) in [5, 5.41) is 10.8. The highest BCUT2D eigenvalue weighted by molar-refractivity contribution is 7.89. The fraction of sp³-hybridized carbons (Fsp3) is 0.214. The topological polar surface area (TPSA) is 74.7 Å². The molecule has 2 aromatic rings. The monoisotopic (exact) mass is 323 g/mol. The van der Waals surface area contributed by atoms with Crippen molar-refractivity contribution in [1.29, 1.82) is 0 Å². The third kappa shape index (κ3) is 2.59. The number of nitrogens with zero attached hydrogens (tertiary/aromatic N) is 1. The van der Waals surface area contributed by atoms with E-state index in [-0.39, 0.29) is 10.5 Å². The summed E-state index contributed by atoms with van der Waals surface area (Å²) in [5.74, 6) is -1.07. The molecule has 0 unspecified atom stereocenters. The maximum atomic E-state index is 12.6. The van der Waals surface area contributed by atoms with E-state index in [2.05, 4.69) is 0 Å². The summed E-state index contributed by atoms with van der Waals surface area (Å²) >= 11 is 1.65. The Hall–Kier alpha value is -1.70. The van der Waals surface area contributed by atoms with Crippen molar-refractivity contribution in [2.24, 2.45) is 0 Å². The molecule has 0 spiro atoms. The predicted molar refractivity (Wildman–Crippen MR) is 79.0 cm³/mol. The van der Waals surface area contributed by atoms with Gasteiger partial charge in [-0.3, -0.25) is 0 Å². The first-order valence-electron chi connectivity index (χ1n) is 6.37. The maximum Gasteiger partial charge on any atom is 0.335 e. The number of benzene rings is 1. The molecule has 1 aliphatic heterocycles. The minimum absolute atomic E-state index is 0.0766. The lowest BCUT2D eigenvalue weighted by Crippen LogP contribution is -2.35. The first kappa shape index (κ1) is 14.2. The lowest BCUT2D eigenvalue weighted by atomic mass is 10.1. The molecule has 1 aromatic heterocycles. The van der Waals surface area contributed by atoms with E-state index in [1.165, 1.54) is 33.4 Å². The van der Waals surface area contributed by atoms with Crippen LogP contribution in [0, 0.1) is 0 Å². The van der Waals surface area contributed by atoms with Gasteiger partial charge in [-0.2, -0.15) is 4.31 Å². The van der Waals surface area contributed by atoms with Crippen molar-refractivity contribution in [2.45, 2.75) is 17.9 Å². The lowest BCUT2D eigenvalue weighted by molar-refractivity contribution is 0.0696. The summed E-state index contributed by atoms with van der Waals surface area (Å²) in [6.07, 6.45) is 0.722. The summed E-state index contributed by atoms with van der Waals surface area (Å²) in [6.45, 7) is 0.832. The van der Waals surface area contributed by atoms with Gasteiger partial charge in [0, 0.05) is 18.0 Å². The molecule has 1 aromatic carbocycles. The van der Waals surface area contributed by atoms with Gasteiger partial charge in [-0.25, -0.2) is 13.2 Å². The van der Waals surface area contributed by atoms with Gasteiger partial charge in [0.15, 0.2) is 0 Å². The van der Waals surface area contributed by atoms with E-state index in [1.54, 1.807) is 11.3 Å². The molecule has 0 radical (unpaired) electrons. The smallest absolute Gasteiger partial charge is 0.335 e. The van der Waals surface area contributed by atoms with Crippen molar-refractivity contribution < 1.29 is 18.3 Å². The average molecular weight is 323 g/mol. The molecule has 0 aliphatic carbocycles. The normalized spacial score (nSPS) is 15.6. The van der Waals surface area contributed by atoms with Crippen LogP contribution < -0.4 is 0 Å². The molecular formula is C14H13NO4S2. The Morgan fingerprint density at radius 3 is 2.57 bits per heavy atom. The van der Waals surface area contributed by atoms with Crippen LogP contribution in [-0.2, 0) is 23.0 Å². The van der Waals surface area contributed by atoms with Crippen molar-refractivity contribution in [1.82, 2.24) is 4.31 Å². The van der Waals surface area contributed by atoms with E-state index >= 15 is 0 Å². The Labute approximate surface area is 126 Å². The predicted octanol–water partition coefficient (Wildman–Crippen LogP) is 2.19. The highest BCUT2D eigenvalue weighted by Gasteiger charge is 2.28. The van der Waals surface area contributed by atoms with E-state index < -0.39 is 16.0 Å². The van der Waals surface area contributed by atoms with Crippen LogP contribution in [0.2, 0.25) is 0 Å². The number of carboxylic acids is 1. The third-order valence-electron chi connectivity index (χ3n) is 3.51. The Balaban J connectivity index is 1.89. The zero-order valence-electron chi connectivity index (χ0n) is 11.0. The number of thiophene rings is 1. The Morgan fingerprint density at radius 1 is 1.19 bits per heavy atom. The second kappa shape index (κ2) is 5.25. The molecule has 7 heteroatoms. The average Bonchev–Trinajstić information content (AvgIpc) is 2.94. The highest BCUT2D eigenvalue weighted by atomic mass is 32.2. The summed E-state index contributed by atoms with van der Waals surface area (Å²) in [4.78, 5) is 12.2. The number of sulfonamides is 1.